The molecular weight excluding hydrogens is 265 g/mol. The van der Waals surface area contributed by atoms with Crippen molar-refractivity contribution in [2.45, 2.75) is 19.4 Å². The van der Waals surface area contributed by atoms with Gasteiger partial charge in [-0.25, -0.2) is 9.18 Å². The second-order valence-corrected chi connectivity index (χ2v) is 3.93. The first kappa shape index (κ1) is 12.0. The molecule has 0 spiro atoms. The van der Waals surface area contributed by atoms with Gasteiger partial charge in [0.15, 0.2) is 0 Å². The molecule has 1 aromatic carbocycles. The highest BCUT2D eigenvalue weighted by Crippen LogP contribution is 2.26. The Morgan fingerprint density at radius 3 is 2.80 bits per heavy atom. The molecular formula is C10H11BrFNO2. The summed E-state index contributed by atoms with van der Waals surface area (Å²) in [5, 5.41) is 11.0. The molecule has 0 saturated heterocycles. The topological polar surface area (TPSA) is 49.3 Å². The van der Waals surface area contributed by atoms with Crippen LogP contribution in [0.2, 0.25) is 0 Å². The summed E-state index contributed by atoms with van der Waals surface area (Å²) in [7, 11) is 0. The first-order valence-electron chi connectivity index (χ1n) is 4.49. The van der Waals surface area contributed by atoms with Crippen LogP contribution in [-0.4, -0.2) is 11.2 Å². The first-order chi connectivity index (χ1) is 7.04. The molecule has 1 amide bonds. The Morgan fingerprint density at radius 2 is 2.33 bits per heavy atom. The summed E-state index contributed by atoms with van der Waals surface area (Å²) in [6.45, 7) is 1.86. The molecule has 2 N–H and O–H groups in total. The molecule has 0 fully saturated rings. The van der Waals surface area contributed by atoms with Crippen LogP contribution >= 0.6 is 15.9 Å². The predicted octanol–water partition coefficient (Wildman–Crippen LogP) is 3.31. The zero-order valence-electron chi connectivity index (χ0n) is 8.13. The third kappa shape index (κ3) is 3.20. The van der Waals surface area contributed by atoms with E-state index in [1.807, 2.05) is 6.92 Å². The molecule has 0 aliphatic heterocycles. The Bertz CT molecular complexity index is 370. The van der Waals surface area contributed by atoms with E-state index < -0.39 is 6.09 Å². The van der Waals surface area contributed by atoms with Crippen LogP contribution in [0.5, 0.6) is 0 Å². The predicted molar refractivity (Wildman–Crippen MR) is 58.3 cm³/mol. The second kappa shape index (κ2) is 5.11. The number of amides is 1. The van der Waals surface area contributed by atoms with Gasteiger partial charge < -0.3 is 10.4 Å². The van der Waals surface area contributed by atoms with Crippen LogP contribution in [-0.2, 0) is 0 Å². The van der Waals surface area contributed by atoms with Crippen LogP contribution in [0.25, 0.3) is 0 Å². The van der Waals surface area contributed by atoms with Gasteiger partial charge >= 0.3 is 6.09 Å². The fourth-order valence-electron chi connectivity index (χ4n) is 1.33. The highest BCUT2D eigenvalue weighted by Gasteiger charge is 2.14. The summed E-state index contributed by atoms with van der Waals surface area (Å²) in [5.74, 6) is -0.351. The molecule has 82 valence electrons. The highest BCUT2D eigenvalue weighted by atomic mass is 79.9. The number of carboxylic acid groups (broad SMARTS) is 1. The van der Waals surface area contributed by atoms with Crippen molar-refractivity contribution in [3.8, 4) is 0 Å². The number of carbonyl (C=O) groups is 1. The van der Waals surface area contributed by atoms with Crippen molar-refractivity contribution >= 4 is 22.0 Å². The molecule has 0 aliphatic carbocycles. The largest absolute Gasteiger partial charge is 0.465 e. The number of halogens is 2. The van der Waals surface area contributed by atoms with Gasteiger partial charge in [0.1, 0.15) is 5.82 Å². The number of benzene rings is 1. The van der Waals surface area contributed by atoms with Crippen molar-refractivity contribution in [3.63, 3.8) is 0 Å². The first-order valence-corrected chi connectivity index (χ1v) is 5.28. The molecule has 3 nitrogen and oxygen atoms in total. The number of hydrogen-bond acceptors (Lipinski definition) is 1. The summed E-state index contributed by atoms with van der Waals surface area (Å²) in [5.41, 5.74) is 0.737. The smallest absolute Gasteiger partial charge is 0.405 e. The lowest BCUT2D eigenvalue weighted by atomic mass is 10.0. The van der Waals surface area contributed by atoms with Crippen molar-refractivity contribution in [3.05, 3.63) is 34.1 Å². The molecule has 1 rings (SSSR count). The molecule has 0 bridgehead atoms. The minimum absolute atomic E-state index is 0.322. The van der Waals surface area contributed by atoms with Crippen LogP contribution in [0.1, 0.15) is 24.9 Å². The number of hydrogen-bond donors (Lipinski definition) is 2. The van der Waals surface area contributed by atoms with E-state index in [1.165, 1.54) is 12.1 Å². The third-order valence-electron chi connectivity index (χ3n) is 2.04. The molecule has 1 unspecified atom stereocenters. The molecule has 0 radical (unpaired) electrons. The van der Waals surface area contributed by atoms with Gasteiger partial charge in [0.2, 0.25) is 0 Å². The zero-order chi connectivity index (χ0) is 11.4. The van der Waals surface area contributed by atoms with Crippen molar-refractivity contribution in [2.24, 2.45) is 0 Å². The standard InChI is InChI=1S/C10H11BrFNO2/c1-2-9(13-10(14)15)7-4-3-6(12)5-8(7)11/h3-5,9,13H,2H2,1H3,(H,14,15). The molecule has 0 aromatic heterocycles. The Labute approximate surface area is 95.4 Å². The lowest BCUT2D eigenvalue weighted by Gasteiger charge is -2.16. The number of nitrogens with one attached hydrogen (secondary N) is 1. The Balaban J connectivity index is 2.96. The molecule has 5 heteroatoms. The molecule has 0 heterocycles. The van der Waals surface area contributed by atoms with Crippen molar-refractivity contribution < 1.29 is 14.3 Å². The van der Waals surface area contributed by atoms with Gasteiger partial charge in [0.05, 0.1) is 6.04 Å². The van der Waals surface area contributed by atoms with Crippen molar-refractivity contribution in [1.29, 1.82) is 0 Å². The van der Waals surface area contributed by atoms with Gasteiger partial charge in [-0.2, -0.15) is 0 Å². The van der Waals surface area contributed by atoms with E-state index in [1.54, 1.807) is 6.07 Å². The fourth-order valence-corrected chi connectivity index (χ4v) is 1.96. The molecule has 0 saturated carbocycles. The minimum Gasteiger partial charge on any atom is -0.465 e. The second-order valence-electron chi connectivity index (χ2n) is 3.08. The molecule has 15 heavy (non-hydrogen) atoms. The summed E-state index contributed by atoms with van der Waals surface area (Å²) < 4.78 is 13.4. The van der Waals surface area contributed by atoms with Gasteiger partial charge in [-0.15, -0.1) is 0 Å². The van der Waals surface area contributed by atoms with Crippen LogP contribution < -0.4 is 5.32 Å². The highest BCUT2D eigenvalue weighted by molar-refractivity contribution is 9.10. The molecule has 1 atom stereocenters. The quantitative estimate of drug-likeness (QED) is 0.889. The molecule has 0 aliphatic rings. The van der Waals surface area contributed by atoms with E-state index in [-0.39, 0.29) is 11.9 Å². The molecule has 1 aromatic rings. The van der Waals surface area contributed by atoms with Crippen LogP contribution in [0, 0.1) is 5.82 Å². The Hall–Kier alpha value is -1.10. The lowest BCUT2D eigenvalue weighted by molar-refractivity contribution is 0.189. The Morgan fingerprint density at radius 1 is 1.67 bits per heavy atom. The van der Waals surface area contributed by atoms with Crippen LogP contribution in [0.4, 0.5) is 9.18 Å². The van der Waals surface area contributed by atoms with E-state index in [0.717, 1.165) is 5.56 Å². The monoisotopic (exact) mass is 275 g/mol. The minimum atomic E-state index is -1.09. The number of rotatable bonds is 3. The zero-order valence-corrected chi connectivity index (χ0v) is 9.71. The van der Waals surface area contributed by atoms with Gasteiger partial charge in [-0.05, 0) is 24.1 Å². The van der Waals surface area contributed by atoms with Gasteiger partial charge in [-0.3, -0.25) is 0 Å². The maximum atomic E-state index is 12.8. The average molecular weight is 276 g/mol. The van der Waals surface area contributed by atoms with E-state index in [9.17, 15) is 9.18 Å². The summed E-state index contributed by atoms with van der Waals surface area (Å²) in [6, 6.07) is 3.88. The maximum absolute atomic E-state index is 12.8. The fraction of sp³-hybridized carbons (Fsp3) is 0.300. The SMILES string of the molecule is CCC(NC(=O)O)c1ccc(F)cc1Br. The van der Waals surface area contributed by atoms with Gasteiger partial charge in [0.25, 0.3) is 0 Å². The summed E-state index contributed by atoms with van der Waals surface area (Å²) in [6.07, 6.45) is -0.477. The summed E-state index contributed by atoms with van der Waals surface area (Å²) in [4.78, 5) is 10.5. The lowest BCUT2D eigenvalue weighted by Crippen LogP contribution is -2.26. The van der Waals surface area contributed by atoms with Crippen LogP contribution in [0.3, 0.4) is 0 Å². The average Bonchev–Trinajstić information content (AvgIpc) is 2.14. The maximum Gasteiger partial charge on any atom is 0.405 e. The van der Waals surface area contributed by atoms with E-state index in [0.29, 0.717) is 10.9 Å². The Kier molecular flexibility index (Phi) is 4.08. The van der Waals surface area contributed by atoms with E-state index in [4.69, 9.17) is 5.11 Å². The normalized spacial score (nSPS) is 12.2. The van der Waals surface area contributed by atoms with E-state index >= 15 is 0 Å². The van der Waals surface area contributed by atoms with Gasteiger partial charge in [0, 0.05) is 4.47 Å². The van der Waals surface area contributed by atoms with E-state index in [2.05, 4.69) is 21.2 Å². The third-order valence-corrected chi connectivity index (χ3v) is 2.73. The van der Waals surface area contributed by atoms with Crippen molar-refractivity contribution in [2.75, 3.05) is 0 Å². The van der Waals surface area contributed by atoms with Gasteiger partial charge in [-0.1, -0.05) is 28.9 Å². The van der Waals surface area contributed by atoms with Crippen molar-refractivity contribution in [1.82, 2.24) is 5.32 Å². The van der Waals surface area contributed by atoms with Crippen LogP contribution in [0.15, 0.2) is 22.7 Å². The summed E-state index contributed by atoms with van der Waals surface area (Å²) >= 11 is 3.21.